The molecule has 0 fully saturated rings. The average molecular weight is 359 g/mol. The van der Waals surface area contributed by atoms with Crippen LogP contribution in [0.15, 0.2) is 76.0 Å². The first-order valence-corrected chi connectivity index (χ1v) is 8.97. The number of hydrogen-bond acceptors (Lipinski definition) is 3. The van der Waals surface area contributed by atoms with Gasteiger partial charge in [0.05, 0.1) is 25.5 Å². The van der Waals surface area contributed by atoms with Crippen molar-refractivity contribution < 1.29 is 13.6 Å². The highest BCUT2D eigenvalue weighted by molar-refractivity contribution is 5.97. The van der Waals surface area contributed by atoms with Crippen molar-refractivity contribution in [2.75, 3.05) is 4.90 Å². The van der Waals surface area contributed by atoms with Gasteiger partial charge in [0.1, 0.15) is 11.3 Å². The minimum absolute atomic E-state index is 0.00136. The minimum Gasteiger partial charge on any atom is -0.467 e. The quantitative estimate of drug-likeness (QED) is 0.478. The second-order valence-electron chi connectivity index (χ2n) is 6.77. The third-order valence-electron chi connectivity index (χ3n) is 4.87. The Morgan fingerprint density at radius 2 is 1.74 bits per heavy atom. The molecular weight excluding hydrogens is 338 g/mol. The van der Waals surface area contributed by atoms with E-state index in [1.807, 2.05) is 48.5 Å². The number of para-hydroxylation sites is 1. The summed E-state index contributed by atoms with van der Waals surface area (Å²) in [4.78, 5) is 14.9. The lowest BCUT2D eigenvalue weighted by Gasteiger charge is -2.21. The number of rotatable bonds is 5. The van der Waals surface area contributed by atoms with Crippen LogP contribution in [0.4, 0.5) is 5.69 Å². The van der Waals surface area contributed by atoms with Crippen molar-refractivity contribution in [1.82, 2.24) is 0 Å². The van der Waals surface area contributed by atoms with E-state index in [4.69, 9.17) is 8.83 Å². The Balaban J connectivity index is 1.65. The number of benzene rings is 2. The van der Waals surface area contributed by atoms with Gasteiger partial charge in [-0.15, -0.1) is 0 Å². The molecule has 0 saturated carbocycles. The maximum atomic E-state index is 13.2. The first-order chi connectivity index (χ1) is 13.1. The maximum absolute atomic E-state index is 13.2. The zero-order valence-electron chi connectivity index (χ0n) is 15.4. The molecule has 4 heteroatoms. The fourth-order valence-corrected chi connectivity index (χ4v) is 3.22. The smallest absolute Gasteiger partial charge is 0.231 e. The summed E-state index contributed by atoms with van der Waals surface area (Å²) in [6.07, 6.45) is 3.58. The van der Waals surface area contributed by atoms with Crippen LogP contribution in [-0.4, -0.2) is 5.91 Å². The lowest BCUT2D eigenvalue weighted by molar-refractivity contribution is -0.118. The van der Waals surface area contributed by atoms with E-state index in [2.05, 4.69) is 19.9 Å². The van der Waals surface area contributed by atoms with E-state index in [0.717, 1.165) is 28.0 Å². The Morgan fingerprint density at radius 1 is 0.963 bits per heavy atom. The second kappa shape index (κ2) is 7.16. The molecule has 0 aliphatic rings. The Hall–Kier alpha value is -3.27. The average Bonchev–Trinajstić information content (AvgIpc) is 3.31. The Bertz CT molecular complexity index is 1060. The van der Waals surface area contributed by atoms with Crippen molar-refractivity contribution >= 4 is 22.6 Å². The first kappa shape index (κ1) is 17.2. The molecule has 27 heavy (non-hydrogen) atoms. The van der Waals surface area contributed by atoms with Gasteiger partial charge < -0.3 is 13.7 Å². The molecule has 2 heterocycles. The summed E-state index contributed by atoms with van der Waals surface area (Å²) in [6.45, 7) is 4.52. The van der Waals surface area contributed by atoms with Crippen molar-refractivity contribution in [3.63, 3.8) is 0 Å². The Morgan fingerprint density at radius 3 is 2.48 bits per heavy atom. The molecule has 0 atom stereocenters. The molecule has 0 N–H and O–H groups in total. The summed E-state index contributed by atoms with van der Waals surface area (Å²) in [7, 11) is 0. The number of fused-ring (bicyclic) bond motifs is 1. The maximum Gasteiger partial charge on any atom is 0.231 e. The summed E-state index contributed by atoms with van der Waals surface area (Å²) in [5, 5.41) is 0.998. The highest BCUT2D eigenvalue weighted by Crippen LogP contribution is 2.26. The van der Waals surface area contributed by atoms with Crippen LogP contribution >= 0.6 is 0 Å². The van der Waals surface area contributed by atoms with Gasteiger partial charge in [-0.25, -0.2) is 0 Å². The van der Waals surface area contributed by atoms with Gasteiger partial charge in [-0.1, -0.05) is 18.2 Å². The van der Waals surface area contributed by atoms with Crippen LogP contribution < -0.4 is 4.90 Å². The van der Waals surface area contributed by atoms with E-state index in [1.54, 1.807) is 17.4 Å². The van der Waals surface area contributed by atoms with Crippen LogP contribution in [0.1, 0.15) is 22.5 Å². The first-order valence-electron chi connectivity index (χ1n) is 8.97. The monoisotopic (exact) mass is 359 g/mol. The topological polar surface area (TPSA) is 46.6 Å². The summed E-state index contributed by atoms with van der Waals surface area (Å²) in [5.41, 5.74) is 4.93. The van der Waals surface area contributed by atoms with E-state index >= 15 is 0 Å². The molecule has 0 unspecified atom stereocenters. The van der Waals surface area contributed by atoms with Crippen LogP contribution in [0.25, 0.3) is 11.0 Å². The van der Waals surface area contributed by atoms with Crippen molar-refractivity contribution in [2.24, 2.45) is 0 Å². The third kappa shape index (κ3) is 3.51. The van der Waals surface area contributed by atoms with E-state index in [9.17, 15) is 4.79 Å². The Kier molecular flexibility index (Phi) is 4.55. The molecule has 1 amide bonds. The zero-order valence-corrected chi connectivity index (χ0v) is 15.4. The number of furan rings is 2. The fraction of sp³-hybridized carbons (Fsp3) is 0.174. The predicted octanol–water partition coefficient (Wildman–Crippen LogP) is 5.42. The van der Waals surface area contributed by atoms with Crippen molar-refractivity contribution in [3.05, 3.63) is 89.6 Å². The summed E-state index contributed by atoms with van der Waals surface area (Å²) < 4.78 is 11.1. The van der Waals surface area contributed by atoms with E-state index in [1.165, 1.54) is 11.1 Å². The standard InChI is InChI=1S/C23H21NO3/c1-16-11-21-18(15-27-22(21)12-17(16)2)13-23(25)24(14-20-9-6-10-26-20)19-7-4-3-5-8-19/h3-12,15H,13-14H2,1-2H3. The second-order valence-corrected chi connectivity index (χ2v) is 6.77. The number of nitrogens with zero attached hydrogens (tertiary/aromatic N) is 1. The van der Waals surface area contributed by atoms with E-state index in [0.29, 0.717) is 6.54 Å². The molecule has 2 aromatic heterocycles. The zero-order chi connectivity index (χ0) is 18.8. The molecule has 136 valence electrons. The molecule has 0 spiro atoms. The molecule has 4 aromatic rings. The lowest BCUT2D eigenvalue weighted by Crippen LogP contribution is -2.31. The van der Waals surface area contributed by atoms with Crippen molar-refractivity contribution in [3.8, 4) is 0 Å². The van der Waals surface area contributed by atoms with Crippen LogP contribution in [-0.2, 0) is 17.8 Å². The molecule has 0 aliphatic heterocycles. The molecule has 0 saturated heterocycles. The van der Waals surface area contributed by atoms with Gasteiger partial charge in [-0.3, -0.25) is 4.79 Å². The molecule has 2 aromatic carbocycles. The van der Waals surface area contributed by atoms with Crippen molar-refractivity contribution in [1.29, 1.82) is 0 Å². The third-order valence-corrected chi connectivity index (χ3v) is 4.87. The molecule has 0 aliphatic carbocycles. The van der Waals surface area contributed by atoms with Gasteiger partial charge in [0.25, 0.3) is 0 Å². The number of aryl methyl sites for hydroxylation is 2. The molecular formula is C23H21NO3. The SMILES string of the molecule is Cc1cc2occ(CC(=O)N(Cc3ccco3)c3ccccc3)c2cc1C. The summed E-state index contributed by atoms with van der Waals surface area (Å²) in [6, 6.07) is 17.5. The van der Waals surface area contributed by atoms with E-state index in [-0.39, 0.29) is 12.3 Å². The van der Waals surface area contributed by atoms with Crippen LogP contribution in [0.2, 0.25) is 0 Å². The summed E-state index contributed by atoms with van der Waals surface area (Å²) >= 11 is 0. The molecule has 4 nitrogen and oxygen atoms in total. The van der Waals surface area contributed by atoms with Gasteiger partial charge in [0.2, 0.25) is 5.91 Å². The van der Waals surface area contributed by atoms with Gasteiger partial charge in [-0.05, 0) is 61.4 Å². The van der Waals surface area contributed by atoms with Crippen LogP contribution in [0.5, 0.6) is 0 Å². The number of hydrogen-bond donors (Lipinski definition) is 0. The van der Waals surface area contributed by atoms with Gasteiger partial charge in [-0.2, -0.15) is 0 Å². The predicted molar refractivity (Wildman–Crippen MR) is 106 cm³/mol. The normalized spacial score (nSPS) is 11.0. The minimum atomic E-state index is -0.00136. The number of carbonyl (C=O) groups is 1. The lowest BCUT2D eigenvalue weighted by atomic mass is 10.0. The molecule has 0 bridgehead atoms. The van der Waals surface area contributed by atoms with Gasteiger partial charge in [0, 0.05) is 16.6 Å². The van der Waals surface area contributed by atoms with E-state index < -0.39 is 0 Å². The van der Waals surface area contributed by atoms with Gasteiger partial charge >= 0.3 is 0 Å². The molecule has 0 radical (unpaired) electrons. The Labute approximate surface area is 158 Å². The summed E-state index contributed by atoms with van der Waals surface area (Å²) in [5.74, 6) is 0.745. The number of anilines is 1. The highest BCUT2D eigenvalue weighted by atomic mass is 16.3. The van der Waals surface area contributed by atoms with Crippen LogP contribution in [0.3, 0.4) is 0 Å². The van der Waals surface area contributed by atoms with Crippen LogP contribution in [0, 0.1) is 13.8 Å². The number of carbonyl (C=O) groups excluding carboxylic acids is 1. The molecule has 4 rings (SSSR count). The fourth-order valence-electron chi connectivity index (χ4n) is 3.22. The largest absolute Gasteiger partial charge is 0.467 e. The van der Waals surface area contributed by atoms with Crippen molar-refractivity contribution in [2.45, 2.75) is 26.8 Å². The van der Waals surface area contributed by atoms with Gasteiger partial charge in [0.15, 0.2) is 0 Å². The number of amides is 1. The highest BCUT2D eigenvalue weighted by Gasteiger charge is 2.20.